The van der Waals surface area contributed by atoms with E-state index in [1.54, 1.807) is 12.1 Å². The maximum absolute atomic E-state index is 13.1. The molecular weight excluding hydrogens is 299 g/mol. The molecule has 0 spiro atoms. The summed E-state index contributed by atoms with van der Waals surface area (Å²) in [7, 11) is 0. The number of halogens is 1. The van der Waals surface area contributed by atoms with Crippen LogP contribution in [0.25, 0.3) is 0 Å². The minimum Gasteiger partial charge on any atom is -0.351 e. The Bertz CT molecular complexity index is 856. The van der Waals surface area contributed by atoms with Crippen molar-refractivity contribution in [2.75, 3.05) is 4.90 Å². The van der Waals surface area contributed by atoms with E-state index < -0.39 is 23.4 Å². The van der Waals surface area contributed by atoms with Gasteiger partial charge in [-0.2, -0.15) is 0 Å². The number of allylic oxidation sites excluding steroid dienone is 2. The molecule has 1 aliphatic rings. The molecule has 1 aliphatic carbocycles. The monoisotopic (exact) mass is 310 g/mol. The second-order valence-electron chi connectivity index (χ2n) is 4.92. The second kappa shape index (κ2) is 5.49. The van der Waals surface area contributed by atoms with Crippen molar-refractivity contribution in [3.8, 4) is 0 Å². The topological polar surface area (TPSA) is 80.5 Å². The van der Waals surface area contributed by atoms with E-state index in [2.05, 4.69) is 0 Å². The summed E-state index contributed by atoms with van der Waals surface area (Å²) in [6.07, 6.45) is 1.07. The molecule has 0 saturated carbocycles. The van der Waals surface area contributed by atoms with E-state index in [4.69, 9.17) is 5.73 Å². The lowest BCUT2D eigenvalue weighted by Crippen LogP contribution is -2.39. The zero-order chi connectivity index (χ0) is 16.6. The summed E-state index contributed by atoms with van der Waals surface area (Å²) in [5.74, 6) is -1.39. The maximum atomic E-state index is 13.1. The smallest absolute Gasteiger partial charge is 0.324 e. The number of fused-ring (bicyclic) bond motifs is 1. The fraction of sp³-hybridized carbons (Fsp3) is 0. The van der Waals surface area contributed by atoms with E-state index in [-0.39, 0.29) is 22.5 Å². The molecule has 0 unspecified atom stereocenters. The minimum atomic E-state index is -0.941. The Balaban J connectivity index is 2.11. The molecule has 6 heteroatoms. The minimum absolute atomic E-state index is 0.159. The molecule has 2 aromatic carbocycles. The zero-order valence-electron chi connectivity index (χ0n) is 11.8. The molecule has 0 fully saturated rings. The van der Waals surface area contributed by atoms with Gasteiger partial charge < -0.3 is 5.73 Å². The first-order valence-electron chi connectivity index (χ1n) is 6.74. The van der Waals surface area contributed by atoms with Crippen LogP contribution < -0.4 is 10.6 Å². The van der Waals surface area contributed by atoms with Crippen molar-refractivity contribution in [1.29, 1.82) is 0 Å². The number of carbonyl (C=O) groups is 3. The van der Waals surface area contributed by atoms with E-state index in [0.29, 0.717) is 0 Å². The molecule has 0 radical (unpaired) electrons. The number of primary amides is 1. The number of ketones is 2. The number of nitrogens with zero attached hydrogens (tertiary/aromatic N) is 1. The highest BCUT2D eigenvalue weighted by Crippen LogP contribution is 2.27. The Labute approximate surface area is 130 Å². The lowest BCUT2D eigenvalue weighted by molar-refractivity contribution is 0.0982. The molecule has 0 heterocycles. The Morgan fingerprint density at radius 2 is 1.57 bits per heavy atom. The molecule has 23 heavy (non-hydrogen) atoms. The van der Waals surface area contributed by atoms with Gasteiger partial charge in [0, 0.05) is 17.2 Å². The highest BCUT2D eigenvalue weighted by Gasteiger charge is 2.31. The van der Waals surface area contributed by atoms with Crippen LogP contribution in [-0.4, -0.2) is 17.6 Å². The highest BCUT2D eigenvalue weighted by molar-refractivity contribution is 6.27. The summed E-state index contributed by atoms with van der Waals surface area (Å²) >= 11 is 0. The van der Waals surface area contributed by atoms with Gasteiger partial charge in [-0.05, 0) is 24.3 Å². The molecule has 0 bridgehead atoms. The van der Waals surface area contributed by atoms with Crippen LogP contribution in [-0.2, 0) is 0 Å². The molecule has 2 amide bonds. The maximum Gasteiger partial charge on any atom is 0.324 e. The second-order valence-corrected chi connectivity index (χ2v) is 4.92. The van der Waals surface area contributed by atoms with Crippen LogP contribution in [0.2, 0.25) is 0 Å². The first-order valence-corrected chi connectivity index (χ1v) is 6.74. The van der Waals surface area contributed by atoms with E-state index in [1.807, 2.05) is 0 Å². The van der Waals surface area contributed by atoms with Crippen LogP contribution in [0, 0.1) is 5.82 Å². The third-order valence-corrected chi connectivity index (χ3v) is 3.48. The number of rotatable bonds is 2. The van der Waals surface area contributed by atoms with Gasteiger partial charge >= 0.3 is 6.03 Å². The van der Waals surface area contributed by atoms with Gasteiger partial charge in [0.1, 0.15) is 11.5 Å². The summed E-state index contributed by atoms with van der Waals surface area (Å²) in [4.78, 5) is 37.5. The molecule has 5 nitrogen and oxygen atoms in total. The van der Waals surface area contributed by atoms with E-state index >= 15 is 0 Å². The standard InChI is InChI=1S/C17H11FN2O3/c18-10-5-7-11(8-6-10)20(17(19)23)14-9-15(21)12-3-1-2-4-13(12)16(14)22/h1-9H,(H2,19,23). The largest absolute Gasteiger partial charge is 0.351 e. The van der Waals surface area contributed by atoms with Crippen molar-refractivity contribution < 1.29 is 18.8 Å². The SMILES string of the molecule is NC(=O)N(C1=CC(=O)c2ccccc2C1=O)c1ccc(F)cc1. The van der Waals surface area contributed by atoms with Crippen molar-refractivity contribution in [2.45, 2.75) is 0 Å². The van der Waals surface area contributed by atoms with E-state index in [1.165, 1.54) is 24.3 Å². The quantitative estimate of drug-likeness (QED) is 0.926. The predicted octanol–water partition coefficient (Wildman–Crippen LogP) is 2.67. The molecule has 2 N–H and O–H groups in total. The average Bonchev–Trinajstić information content (AvgIpc) is 2.54. The number of hydrogen-bond acceptors (Lipinski definition) is 3. The Morgan fingerprint density at radius 3 is 2.17 bits per heavy atom. The Hall–Kier alpha value is -3.28. The molecule has 3 rings (SSSR count). The number of anilines is 1. The van der Waals surface area contributed by atoms with Gasteiger partial charge in [0.15, 0.2) is 5.78 Å². The van der Waals surface area contributed by atoms with Crippen LogP contribution >= 0.6 is 0 Å². The van der Waals surface area contributed by atoms with Gasteiger partial charge in [-0.15, -0.1) is 0 Å². The first kappa shape index (κ1) is 14.6. The summed E-state index contributed by atoms with van der Waals surface area (Å²) < 4.78 is 13.1. The number of urea groups is 1. The zero-order valence-corrected chi connectivity index (χ0v) is 11.8. The van der Waals surface area contributed by atoms with Crippen LogP contribution in [0.1, 0.15) is 20.7 Å². The normalized spacial score (nSPS) is 13.3. The number of carbonyl (C=O) groups excluding carboxylic acids is 3. The number of hydrogen-bond donors (Lipinski definition) is 1. The van der Waals surface area contributed by atoms with Crippen molar-refractivity contribution in [3.05, 3.63) is 77.2 Å². The number of amides is 2. The lowest BCUT2D eigenvalue weighted by atomic mass is 9.92. The molecular formula is C17H11FN2O3. The van der Waals surface area contributed by atoms with Crippen molar-refractivity contribution >= 4 is 23.3 Å². The first-order chi connectivity index (χ1) is 11.0. The summed E-state index contributed by atoms with van der Waals surface area (Å²) in [5.41, 5.74) is 5.86. The number of benzene rings is 2. The van der Waals surface area contributed by atoms with Crippen molar-refractivity contribution in [1.82, 2.24) is 0 Å². The van der Waals surface area contributed by atoms with Gasteiger partial charge in [0.25, 0.3) is 0 Å². The summed E-state index contributed by atoms with van der Waals surface area (Å²) in [5, 5.41) is 0. The third-order valence-electron chi connectivity index (χ3n) is 3.48. The Kier molecular flexibility index (Phi) is 3.50. The van der Waals surface area contributed by atoms with Gasteiger partial charge in [-0.3, -0.25) is 14.5 Å². The average molecular weight is 310 g/mol. The molecule has 114 valence electrons. The predicted molar refractivity (Wildman–Crippen MR) is 81.6 cm³/mol. The lowest BCUT2D eigenvalue weighted by Gasteiger charge is -2.25. The van der Waals surface area contributed by atoms with Gasteiger partial charge in [-0.1, -0.05) is 24.3 Å². The number of nitrogens with two attached hydrogens (primary N) is 1. The van der Waals surface area contributed by atoms with Gasteiger partial charge in [0.05, 0.1) is 5.69 Å². The van der Waals surface area contributed by atoms with Crippen LogP contribution in [0.4, 0.5) is 14.9 Å². The van der Waals surface area contributed by atoms with Crippen molar-refractivity contribution in [2.24, 2.45) is 5.73 Å². The molecule has 0 aromatic heterocycles. The fourth-order valence-electron chi connectivity index (χ4n) is 2.44. The highest BCUT2D eigenvalue weighted by atomic mass is 19.1. The number of Topliss-reactive ketones (excluding diaryl/α,β-unsaturated/α-hetero) is 1. The molecule has 0 aliphatic heterocycles. The van der Waals surface area contributed by atoms with E-state index in [9.17, 15) is 18.8 Å². The third kappa shape index (κ3) is 2.50. The molecule has 0 atom stereocenters. The van der Waals surface area contributed by atoms with Gasteiger partial charge in [-0.25, -0.2) is 9.18 Å². The van der Waals surface area contributed by atoms with Crippen LogP contribution in [0.5, 0.6) is 0 Å². The molecule has 2 aromatic rings. The van der Waals surface area contributed by atoms with Crippen LogP contribution in [0.3, 0.4) is 0 Å². The van der Waals surface area contributed by atoms with E-state index in [0.717, 1.165) is 23.1 Å². The fourth-order valence-corrected chi connectivity index (χ4v) is 2.44. The van der Waals surface area contributed by atoms with Crippen molar-refractivity contribution in [3.63, 3.8) is 0 Å². The van der Waals surface area contributed by atoms with Crippen LogP contribution in [0.15, 0.2) is 60.3 Å². The summed E-state index contributed by atoms with van der Waals surface area (Å²) in [6.45, 7) is 0. The Morgan fingerprint density at radius 1 is 0.957 bits per heavy atom. The molecule has 0 saturated heterocycles. The van der Waals surface area contributed by atoms with Gasteiger partial charge in [0.2, 0.25) is 5.78 Å². The summed E-state index contributed by atoms with van der Waals surface area (Å²) in [6, 6.07) is 10.3.